The average Bonchev–Trinajstić information content (AvgIpc) is 2.49. The average molecular weight is 348 g/mol. The van der Waals surface area contributed by atoms with Gasteiger partial charge >= 0.3 is 0 Å². The van der Waals surface area contributed by atoms with Crippen LogP contribution in [0.1, 0.15) is 25.1 Å². The number of anilines is 1. The fourth-order valence-corrected chi connectivity index (χ4v) is 3.23. The summed E-state index contributed by atoms with van der Waals surface area (Å²) in [5.41, 5.74) is 1.64. The summed E-state index contributed by atoms with van der Waals surface area (Å²) in [5.74, 6) is 1.56. The maximum atomic E-state index is 5.72. The quantitative estimate of drug-likeness (QED) is 0.908. The molecule has 0 unspecified atom stereocenters. The summed E-state index contributed by atoms with van der Waals surface area (Å²) in [7, 11) is 3.61. The molecular weight excluding hydrogens is 330 g/mol. The number of benzene rings is 1. The number of nitrogens with zero attached hydrogens (tertiary/aromatic N) is 2. The van der Waals surface area contributed by atoms with Gasteiger partial charge in [-0.1, -0.05) is 30.3 Å². The van der Waals surface area contributed by atoms with Gasteiger partial charge in [-0.25, -0.2) is 9.97 Å². The molecule has 21 heavy (non-hydrogen) atoms. The number of hydrogen-bond acceptors (Lipinski definition) is 4. The predicted molar refractivity (Wildman–Crippen MR) is 87.3 cm³/mol. The minimum Gasteiger partial charge on any atom is -0.372 e. The van der Waals surface area contributed by atoms with Crippen molar-refractivity contribution in [3.8, 4) is 11.3 Å². The molecule has 0 atom stereocenters. The van der Waals surface area contributed by atoms with Crippen LogP contribution in [0.4, 0.5) is 5.82 Å². The summed E-state index contributed by atoms with van der Waals surface area (Å²) in [6, 6.07) is 10.1. The van der Waals surface area contributed by atoms with Crippen molar-refractivity contribution in [1.82, 2.24) is 9.97 Å². The van der Waals surface area contributed by atoms with Gasteiger partial charge in [0.15, 0.2) is 5.82 Å². The van der Waals surface area contributed by atoms with Gasteiger partial charge in [-0.05, 0) is 35.2 Å². The highest BCUT2D eigenvalue weighted by Gasteiger charge is 2.42. The fourth-order valence-electron chi connectivity index (χ4n) is 2.62. The minimum atomic E-state index is -0.324. The van der Waals surface area contributed by atoms with Gasteiger partial charge in [0.1, 0.15) is 11.4 Å². The van der Waals surface area contributed by atoms with Crippen LogP contribution in [-0.2, 0) is 10.3 Å². The fraction of sp³-hybridized carbons (Fsp3) is 0.375. The van der Waals surface area contributed by atoms with Crippen molar-refractivity contribution >= 4 is 21.7 Å². The van der Waals surface area contributed by atoms with Crippen LogP contribution in [0.15, 0.2) is 34.8 Å². The highest BCUT2D eigenvalue weighted by Crippen LogP contribution is 2.44. The molecule has 3 rings (SSSR count). The van der Waals surface area contributed by atoms with Crippen LogP contribution in [0.3, 0.4) is 0 Å². The van der Waals surface area contributed by atoms with Crippen LogP contribution in [0.2, 0.25) is 0 Å². The van der Waals surface area contributed by atoms with Gasteiger partial charge < -0.3 is 10.1 Å². The lowest BCUT2D eigenvalue weighted by Gasteiger charge is -2.39. The van der Waals surface area contributed by atoms with E-state index in [1.807, 2.05) is 25.2 Å². The molecule has 0 bridgehead atoms. The Balaban J connectivity index is 2.16. The van der Waals surface area contributed by atoms with Crippen molar-refractivity contribution in [3.05, 3.63) is 40.6 Å². The SMILES string of the molecule is CNc1nc(C2(OC)CCC2)nc(-c2ccccc2)c1Br. The van der Waals surface area contributed by atoms with Crippen LogP contribution in [0.5, 0.6) is 0 Å². The lowest BCUT2D eigenvalue weighted by atomic mass is 9.79. The smallest absolute Gasteiger partial charge is 0.163 e. The van der Waals surface area contributed by atoms with Gasteiger partial charge in [-0.15, -0.1) is 0 Å². The molecule has 1 aliphatic carbocycles. The molecule has 0 aliphatic heterocycles. The predicted octanol–water partition coefficient (Wildman–Crippen LogP) is 3.97. The number of aromatic nitrogens is 2. The van der Waals surface area contributed by atoms with E-state index in [-0.39, 0.29) is 5.60 Å². The molecule has 4 nitrogen and oxygen atoms in total. The second-order valence-corrected chi connectivity index (χ2v) is 6.02. The van der Waals surface area contributed by atoms with Crippen LogP contribution in [-0.4, -0.2) is 24.1 Å². The lowest BCUT2D eigenvalue weighted by Crippen LogP contribution is -2.38. The molecule has 1 fully saturated rings. The highest BCUT2D eigenvalue weighted by molar-refractivity contribution is 9.10. The molecule has 0 spiro atoms. The second-order valence-electron chi connectivity index (χ2n) is 5.23. The molecule has 1 heterocycles. The standard InChI is InChI=1S/C16H18BrN3O/c1-18-14-12(17)13(11-7-4-3-5-8-11)19-15(20-14)16(21-2)9-6-10-16/h3-5,7-8H,6,9-10H2,1-2H3,(H,18,19,20). The van der Waals surface area contributed by atoms with Crippen molar-refractivity contribution in [2.24, 2.45) is 0 Å². The van der Waals surface area contributed by atoms with Crippen LogP contribution in [0, 0.1) is 0 Å². The molecule has 0 radical (unpaired) electrons. The largest absolute Gasteiger partial charge is 0.372 e. The van der Waals surface area contributed by atoms with Gasteiger partial charge in [-0.2, -0.15) is 0 Å². The van der Waals surface area contributed by atoms with Gasteiger partial charge in [0.25, 0.3) is 0 Å². The number of halogens is 1. The Morgan fingerprint density at radius 3 is 2.43 bits per heavy atom. The van der Waals surface area contributed by atoms with E-state index in [2.05, 4.69) is 38.4 Å². The van der Waals surface area contributed by atoms with E-state index in [1.54, 1.807) is 7.11 Å². The number of nitrogens with one attached hydrogen (secondary N) is 1. The number of methoxy groups -OCH3 is 1. The van der Waals surface area contributed by atoms with Crippen molar-refractivity contribution in [2.75, 3.05) is 19.5 Å². The van der Waals surface area contributed by atoms with Crippen LogP contribution in [0.25, 0.3) is 11.3 Å². The minimum absolute atomic E-state index is 0.324. The van der Waals surface area contributed by atoms with E-state index < -0.39 is 0 Å². The van der Waals surface area contributed by atoms with Crippen molar-refractivity contribution in [2.45, 2.75) is 24.9 Å². The maximum Gasteiger partial charge on any atom is 0.163 e. The van der Waals surface area contributed by atoms with E-state index in [0.717, 1.165) is 46.6 Å². The molecule has 0 saturated heterocycles. The third kappa shape index (κ3) is 2.45. The molecule has 5 heteroatoms. The first-order valence-corrected chi connectivity index (χ1v) is 7.86. The maximum absolute atomic E-state index is 5.72. The Morgan fingerprint density at radius 1 is 1.19 bits per heavy atom. The molecule has 0 amide bonds. The molecule has 1 aliphatic rings. The Kier molecular flexibility index (Phi) is 3.95. The van der Waals surface area contributed by atoms with Gasteiger partial charge in [-0.3, -0.25) is 0 Å². The van der Waals surface area contributed by atoms with Crippen molar-refractivity contribution in [1.29, 1.82) is 0 Å². The van der Waals surface area contributed by atoms with E-state index in [1.165, 1.54) is 0 Å². The van der Waals surface area contributed by atoms with Crippen LogP contribution < -0.4 is 5.32 Å². The Bertz CT molecular complexity index is 636. The first kappa shape index (κ1) is 14.5. The monoisotopic (exact) mass is 347 g/mol. The molecule has 1 saturated carbocycles. The Labute approximate surface area is 133 Å². The van der Waals surface area contributed by atoms with E-state index >= 15 is 0 Å². The van der Waals surface area contributed by atoms with E-state index in [0.29, 0.717) is 0 Å². The van der Waals surface area contributed by atoms with Crippen molar-refractivity contribution in [3.63, 3.8) is 0 Å². The summed E-state index contributed by atoms with van der Waals surface area (Å²) in [5, 5.41) is 3.14. The summed E-state index contributed by atoms with van der Waals surface area (Å²) in [6.07, 6.45) is 3.11. The topological polar surface area (TPSA) is 47.0 Å². The molecule has 1 aromatic carbocycles. The molecule has 2 aromatic rings. The van der Waals surface area contributed by atoms with E-state index in [9.17, 15) is 0 Å². The highest BCUT2D eigenvalue weighted by atomic mass is 79.9. The normalized spacial score (nSPS) is 16.3. The second kappa shape index (κ2) is 5.73. The first-order valence-electron chi connectivity index (χ1n) is 7.06. The Hall–Kier alpha value is -1.46. The zero-order valence-electron chi connectivity index (χ0n) is 12.2. The number of rotatable bonds is 4. The third-order valence-electron chi connectivity index (χ3n) is 4.09. The third-order valence-corrected chi connectivity index (χ3v) is 4.85. The molecule has 1 N–H and O–H groups in total. The van der Waals surface area contributed by atoms with E-state index in [4.69, 9.17) is 9.72 Å². The summed E-state index contributed by atoms with van der Waals surface area (Å²) >= 11 is 3.61. The lowest BCUT2D eigenvalue weighted by molar-refractivity contribution is -0.0845. The summed E-state index contributed by atoms with van der Waals surface area (Å²) in [6.45, 7) is 0. The zero-order chi connectivity index (χ0) is 14.9. The number of hydrogen-bond donors (Lipinski definition) is 1. The van der Waals surface area contributed by atoms with Gasteiger partial charge in [0.2, 0.25) is 0 Å². The van der Waals surface area contributed by atoms with Gasteiger partial charge in [0, 0.05) is 19.7 Å². The Morgan fingerprint density at radius 2 is 1.90 bits per heavy atom. The molecule has 1 aromatic heterocycles. The summed E-state index contributed by atoms with van der Waals surface area (Å²) in [4.78, 5) is 9.44. The molecule has 110 valence electrons. The molecular formula is C16H18BrN3O. The van der Waals surface area contributed by atoms with Crippen LogP contribution >= 0.6 is 15.9 Å². The number of ether oxygens (including phenoxy) is 1. The van der Waals surface area contributed by atoms with Gasteiger partial charge in [0.05, 0.1) is 10.2 Å². The summed E-state index contributed by atoms with van der Waals surface area (Å²) < 4.78 is 6.60. The zero-order valence-corrected chi connectivity index (χ0v) is 13.8. The first-order chi connectivity index (χ1) is 10.2. The van der Waals surface area contributed by atoms with Crippen molar-refractivity contribution < 1.29 is 4.74 Å².